The van der Waals surface area contributed by atoms with Crippen molar-refractivity contribution in [2.75, 3.05) is 0 Å². The first-order chi connectivity index (χ1) is 12.6. The summed E-state index contributed by atoms with van der Waals surface area (Å²) in [6.07, 6.45) is 16.0. The van der Waals surface area contributed by atoms with Crippen molar-refractivity contribution in [2.45, 2.75) is 84.5 Å². The Morgan fingerprint density at radius 1 is 0.962 bits per heavy atom. The molecule has 2 saturated carbocycles. The summed E-state index contributed by atoms with van der Waals surface area (Å²) in [5, 5.41) is 0. The average Bonchev–Trinajstić information content (AvgIpc) is 2.69. The van der Waals surface area contributed by atoms with E-state index < -0.39 is 0 Å². The van der Waals surface area contributed by atoms with Gasteiger partial charge in [0.2, 0.25) is 0 Å². The van der Waals surface area contributed by atoms with Gasteiger partial charge in [0, 0.05) is 5.69 Å². The number of aryl methyl sites for hydroxylation is 1. The van der Waals surface area contributed by atoms with Crippen molar-refractivity contribution in [1.29, 1.82) is 0 Å². The van der Waals surface area contributed by atoms with Gasteiger partial charge in [-0.05, 0) is 62.5 Å². The van der Waals surface area contributed by atoms with Gasteiger partial charge in [-0.15, -0.1) is 0 Å². The molecule has 2 fully saturated rings. The molecule has 0 atom stereocenters. The van der Waals surface area contributed by atoms with E-state index in [1.54, 1.807) is 6.20 Å². The minimum Gasteiger partial charge on any atom is -0.425 e. The summed E-state index contributed by atoms with van der Waals surface area (Å²) in [4.78, 5) is 16.6. The Kier molecular flexibility index (Phi) is 7.10. The van der Waals surface area contributed by atoms with Crippen LogP contribution in [-0.2, 0) is 4.79 Å². The van der Waals surface area contributed by atoms with Crippen molar-refractivity contribution >= 4 is 5.97 Å². The van der Waals surface area contributed by atoms with Crippen molar-refractivity contribution in [3.05, 3.63) is 24.0 Å². The molecule has 3 heteroatoms. The van der Waals surface area contributed by atoms with Crippen molar-refractivity contribution in [2.24, 2.45) is 23.7 Å². The molecule has 0 aromatic carbocycles. The van der Waals surface area contributed by atoms with E-state index in [-0.39, 0.29) is 11.9 Å². The number of pyridine rings is 1. The van der Waals surface area contributed by atoms with Gasteiger partial charge in [-0.25, -0.2) is 0 Å². The Balaban J connectivity index is 1.35. The molecule has 0 N–H and O–H groups in total. The van der Waals surface area contributed by atoms with Crippen LogP contribution in [0.4, 0.5) is 0 Å². The van der Waals surface area contributed by atoms with Gasteiger partial charge in [0.1, 0.15) is 5.75 Å². The number of aromatic nitrogens is 1. The first kappa shape index (κ1) is 19.4. The summed E-state index contributed by atoms with van der Waals surface area (Å²) >= 11 is 0. The van der Waals surface area contributed by atoms with E-state index in [0.29, 0.717) is 5.75 Å². The van der Waals surface area contributed by atoms with Gasteiger partial charge < -0.3 is 4.74 Å². The molecule has 144 valence electrons. The van der Waals surface area contributed by atoms with Crippen molar-refractivity contribution in [3.8, 4) is 5.75 Å². The van der Waals surface area contributed by atoms with E-state index in [1.165, 1.54) is 57.8 Å². The average molecular weight is 358 g/mol. The molecule has 0 spiro atoms. The molecule has 2 aliphatic rings. The second kappa shape index (κ2) is 9.53. The number of hydrogen-bond acceptors (Lipinski definition) is 3. The first-order valence-corrected chi connectivity index (χ1v) is 10.8. The highest BCUT2D eigenvalue weighted by atomic mass is 16.5. The van der Waals surface area contributed by atoms with Crippen LogP contribution in [0.1, 0.15) is 83.2 Å². The summed E-state index contributed by atoms with van der Waals surface area (Å²) in [6, 6.07) is 3.71. The van der Waals surface area contributed by atoms with Crippen LogP contribution in [0.2, 0.25) is 0 Å². The minimum atomic E-state index is -0.0630. The lowest BCUT2D eigenvalue weighted by atomic mass is 9.75. The van der Waals surface area contributed by atoms with Gasteiger partial charge in [-0.2, -0.15) is 0 Å². The fourth-order valence-electron chi connectivity index (χ4n) is 4.80. The van der Waals surface area contributed by atoms with Crippen LogP contribution in [0.15, 0.2) is 18.3 Å². The standard InChI is InChI=1S/C23H35NO2/c1-3-18-5-7-19(8-6-18)9-10-20-11-13-21(14-12-20)23(25)26-22-15-4-17(2)24-16-22/h4,15-16,18-21H,3,5-14H2,1-2H3. The summed E-state index contributed by atoms with van der Waals surface area (Å²) in [7, 11) is 0. The highest BCUT2D eigenvalue weighted by Gasteiger charge is 2.28. The van der Waals surface area contributed by atoms with Crippen LogP contribution in [0.5, 0.6) is 5.75 Å². The van der Waals surface area contributed by atoms with Gasteiger partial charge in [0.05, 0.1) is 12.1 Å². The maximum Gasteiger partial charge on any atom is 0.314 e. The Morgan fingerprint density at radius 3 is 2.08 bits per heavy atom. The van der Waals surface area contributed by atoms with Gasteiger partial charge in [0.15, 0.2) is 0 Å². The molecule has 0 bridgehead atoms. The number of carbonyl (C=O) groups is 1. The van der Waals surface area contributed by atoms with Gasteiger partial charge in [0.25, 0.3) is 0 Å². The maximum absolute atomic E-state index is 12.4. The summed E-state index contributed by atoms with van der Waals surface area (Å²) in [5.41, 5.74) is 0.938. The molecule has 1 aromatic heterocycles. The van der Waals surface area contributed by atoms with Gasteiger partial charge in [-0.3, -0.25) is 9.78 Å². The molecule has 0 saturated heterocycles. The topological polar surface area (TPSA) is 39.2 Å². The normalized spacial score (nSPS) is 29.3. The zero-order valence-electron chi connectivity index (χ0n) is 16.6. The van der Waals surface area contributed by atoms with E-state index in [4.69, 9.17) is 4.74 Å². The highest BCUT2D eigenvalue weighted by Crippen LogP contribution is 2.37. The molecular formula is C23H35NO2. The smallest absolute Gasteiger partial charge is 0.314 e. The SMILES string of the molecule is CCC1CCC(CCC2CCC(C(=O)Oc3ccc(C)nc3)CC2)CC1. The van der Waals surface area contributed by atoms with E-state index >= 15 is 0 Å². The van der Waals surface area contributed by atoms with Crippen molar-refractivity contribution in [1.82, 2.24) is 4.98 Å². The Hall–Kier alpha value is -1.38. The number of hydrogen-bond donors (Lipinski definition) is 0. The monoisotopic (exact) mass is 357 g/mol. The third-order valence-corrected chi connectivity index (χ3v) is 6.81. The Morgan fingerprint density at radius 2 is 1.54 bits per heavy atom. The van der Waals surface area contributed by atoms with Crippen molar-refractivity contribution in [3.63, 3.8) is 0 Å². The molecular weight excluding hydrogens is 322 g/mol. The molecule has 1 heterocycles. The summed E-state index contributed by atoms with van der Waals surface area (Å²) in [5.74, 6) is 3.37. The molecule has 0 aliphatic heterocycles. The quantitative estimate of drug-likeness (QED) is 0.578. The first-order valence-electron chi connectivity index (χ1n) is 10.8. The van der Waals surface area contributed by atoms with Crippen LogP contribution in [0.3, 0.4) is 0 Å². The summed E-state index contributed by atoms with van der Waals surface area (Å²) < 4.78 is 5.52. The minimum absolute atomic E-state index is 0.0630. The molecule has 26 heavy (non-hydrogen) atoms. The number of carbonyl (C=O) groups excluding carboxylic acids is 1. The number of esters is 1. The zero-order valence-corrected chi connectivity index (χ0v) is 16.6. The number of rotatable bonds is 6. The van der Waals surface area contributed by atoms with Crippen molar-refractivity contribution < 1.29 is 9.53 Å². The maximum atomic E-state index is 12.4. The fourth-order valence-corrected chi connectivity index (χ4v) is 4.80. The van der Waals surface area contributed by atoms with E-state index in [9.17, 15) is 4.79 Å². The predicted molar refractivity (Wildman–Crippen MR) is 105 cm³/mol. The van der Waals surface area contributed by atoms with Crippen LogP contribution in [0, 0.1) is 30.6 Å². The third-order valence-electron chi connectivity index (χ3n) is 6.81. The van der Waals surface area contributed by atoms with Crippen LogP contribution < -0.4 is 4.74 Å². The lowest BCUT2D eigenvalue weighted by Crippen LogP contribution is -2.26. The van der Waals surface area contributed by atoms with Gasteiger partial charge in [-0.1, -0.05) is 51.9 Å². The van der Waals surface area contributed by atoms with E-state index in [1.807, 2.05) is 19.1 Å². The lowest BCUT2D eigenvalue weighted by Gasteiger charge is -2.31. The van der Waals surface area contributed by atoms with Crippen LogP contribution >= 0.6 is 0 Å². The molecule has 3 rings (SSSR count). The Labute approximate surface area is 158 Å². The zero-order chi connectivity index (χ0) is 18.4. The molecule has 2 aliphatic carbocycles. The largest absolute Gasteiger partial charge is 0.425 e. The molecule has 1 aromatic rings. The Bertz CT molecular complexity index is 552. The number of nitrogens with zero attached hydrogens (tertiary/aromatic N) is 1. The fraction of sp³-hybridized carbons (Fsp3) is 0.739. The molecule has 0 unspecified atom stereocenters. The predicted octanol–water partition coefficient (Wildman–Crippen LogP) is 6.10. The second-order valence-electron chi connectivity index (χ2n) is 8.65. The number of ether oxygens (including phenoxy) is 1. The second-order valence-corrected chi connectivity index (χ2v) is 8.65. The van der Waals surface area contributed by atoms with Crippen LogP contribution in [0.25, 0.3) is 0 Å². The van der Waals surface area contributed by atoms with Crippen LogP contribution in [-0.4, -0.2) is 11.0 Å². The molecule has 0 amide bonds. The molecule has 3 nitrogen and oxygen atoms in total. The lowest BCUT2D eigenvalue weighted by molar-refractivity contribution is -0.140. The van der Waals surface area contributed by atoms with Gasteiger partial charge >= 0.3 is 5.97 Å². The third kappa shape index (κ3) is 5.56. The van der Waals surface area contributed by atoms with E-state index in [0.717, 1.165) is 36.3 Å². The highest BCUT2D eigenvalue weighted by molar-refractivity contribution is 5.75. The van der Waals surface area contributed by atoms with E-state index in [2.05, 4.69) is 11.9 Å². The molecule has 0 radical (unpaired) electrons. The summed E-state index contributed by atoms with van der Waals surface area (Å²) in [6.45, 7) is 4.27.